The monoisotopic (exact) mass is 456 g/mol. The Morgan fingerprint density at radius 2 is 1.84 bits per heavy atom. The molecule has 1 fully saturated rings. The van der Waals surface area contributed by atoms with E-state index in [2.05, 4.69) is 14.7 Å². The van der Waals surface area contributed by atoms with Gasteiger partial charge in [-0.25, -0.2) is 23.1 Å². The summed E-state index contributed by atoms with van der Waals surface area (Å²) in [4.78, 5) is 21.7. The number of carbonyl (C=O) groups excluding carboxylic acids is 1. The minimum Gasteiger partial charge on any atom is -0.391 e. The van der Waals surface area contributed by atoms with E-state index in [9.17, 15) is 18.3 Å². The molecule has 1 saturated heterocycles. The van der Waals surface area contributed by atoms with Gasteiger partial charge in [-0.2, -0.15) is 0 Å². The molecule has 3 N–H and O–H groups in total. The SMILES string of the molecule is O=C(CO)c1cnc(N2CC[C@H](CNS(=O)(=O)c3ccc4ccccc4c3)[C@H](O)C2)nc1. The van der Waals surface area contributed by atoms with Crippen LogP contribution in [-0.4, -0.2) is 66.7 Å². The number of β-amino-alcohol motifs (C(OH)–C–C–N with tert-alkyl or cyclic N) is 1. The number of piperidine rings is 1. The molecule has 168 valence electrons. The lowest BCUT2D eigenvalue weighted by Crippen LogP contribution is -2.48. The molecule has 32 heavy (non-hydrogen) atoms. The number of nitrogens with zero attached hydrogens (tertiary/aromatic N) is 3. The average Bonchev–Trinajstić information content (AvgIpc) is 2.82. The van der Waals surface area contributed by atoms with Crippen LogP contribution in [0.5, 0.6) is 0 Å². The number of benzene rings is 2. The summed E-state index contributed by atoms with van der Waals surface area (Å²) < 4.78 is 28.1. The van der Waals surface area contributed by atoms with Crippen molar-refractivity contribution in [1.29, 1.82) is 0 Å². The Morgan fingerprint density at radius 1 is 1.12 bits per heavy atom. The maximum absolute atomic E-state index is 12.8. The highest BCUT2D eigenvalue weighted by molar-refractivity contribution is 7.89. The standard InChI is InChI=1S/C22H24N4O5S/c27-14-21(29)18-10-23-22(24-11-18)26-8-7-17(20(28)13-26)12-25-32(30,31)19-6-5-15-3-1-2-4-16(15)9-19/h1-6,9-11,17,20,25,27-28H,7-8,12-14H2/t17-,20-/m1/s1. The van der Waals surface area contributed by atoms with Crippen molar-refractivity contribution in [1.82, 2.24) is 14.7 Å². The zero-order chi connectivity index (χ0) is 22.7. The van der Waals surface area contributed by atoms with Crippen LogP contribution in [0.1, 0.15) is 16.8 Å². The van der Waals surface area contributed by atoms with Crippen molar-refractivity contribution in [3.05, 3.63) is 60.4 Å². The fraction of sp³-hybridized carbons (Fsp3) is 0.318. The quantitative estimate of drug-likeness (QED) is 0.448. The Kier molecular flexibility index (Phi) is 6.47. The van der Waals surface area contributed by atoms with Gasteiger partial charge in [0.2, 0.25) is 16.0 Å². The van der Waals surface area contributed by atoms with E-state index in [0.29, 0.717) is 18.9 Å². The summed E-state index contributed by atoms with van der Waals surface area (Å²) in [5.41, 5.74) is 0.217. The summed E-state index contributed by atoms with van der Waals surface area (Å²) in [5, 5.41) is 21.3. The number of anilines is 1. The smallest absolute Gasteiger partial charge is 0.240 e. The predicted octanol–water partition coefficient (Wildman–Crippen LogP) is 0.970. The van der Waals surface area contributed by atoms with Crippen LogP contribution in [0.4, 0.5) is 5.95 Å². The number of ketones is 1. The number of aromatic nitrogens is 2. The zero-order valence-corrected chi connectivity index (χ0v) is 18.1. The first-order valence-corrected chi connectivity index (χ1v) is 11.7. The molecule has 2 aromatic carbocycles. The summed E-state index contributed by atoms with van der Waals surface area (Å²) >= 11 is 0. The van der Waals surface area contributed by atoms with Crippen molar-refractivity contribution >= 4 is 32.5 Å². The number of nitrogens with one attached hydrogen (secondary N) is 1. The van der Waals surface area contributed by atoms with Gasteiger partial charge in [-0.15, -0.1) is 0 Å². The van der Waals surface area contributed by atoms with Crippen LogP contribution in [0, 0.1) is 5.92 Å². The van der Waals surface area contributed by atoms with E-state index in [1.807, 2.05) is 24.3 Å². The predicted molar refractivity (Wildman–Crippen MR) is 119 cm³/mol. The van der Waals surface area contributed by atoms with Gasteiger partial charge >= 0.3 is 0 Å². The third-order valence-electron chi connectivity index (χ3n) is 5.67. The largest absolute Gasteiger partial charge is 0.391 e. The second-order valence-electron chi connectivity index (χ2n) is 7.78. The third-order valence-corrected chi connectivity index (χ3v) is 7.10. The maximum Gasteiger partial charge on any atom is 0.240 e. The first kappa shape index (κ1) is 22.3. The molecule has 4 rings (SSSR count). The van der Waals surface area contributed by atoms with Gasteiger partial charge in [0.05, 0.1) is 16.6 Å². The molecule has 0 unspecified atom stereocenters. The Bertz CT molecular complexity index is 1220. The number of hydrogen-bond acceptors (Lipinski definition) is 8. The normalized spacial score (nSPS) is 19.2. The fourth-order valence-corrected chi connectivity index (χ4v) is 4.88. The summed E-state index contributed by atoms with van der Waals surface area (Å²) in [6.45, 7) is 0.291. The second-order valence-corrected chi connectivity index (χ2v) is 9.54. The number of hydrogen-bond donors (Lipinski definition) is 3. The van der Waals surface area contributed by atoms with Crippen LogP contribution in [0.25, 0.3) is 10.8 Å². The number of Topliss-reactive ketones (excluding diaryl/α,β-unsaturated/α-hetero) is 1. The summed E-state index contributed by atoms with van der Waals surface area (Å²) in [5.74, 6) is -0.348. The number of rotatable bonds is 7. The summed E-state index contributed by atoms with van der Waals surface area (Å²) in [6, 6.07) is 12.5. The molecule has 0 bridgehead atoms. The van der Waals surface area contributed by atoms with Crippen molar-refractivity contribution in [2.24, 2.45) is 5.92 Å². The van der Waals surface area contributed by atoms with E-state index in [4.69, 9.17) is 5.11 Å². The number of aliphatic hydroxyl groups excluding tert-OH is 2. The van der Waals surface area contributed by atoms with Gasteiger partial charge in [0, 0.05) is 37.9 Å². The van der Waals surface area contributed by atoms with Gasteiger partial charge in [-0.3, -0.25) is 4.79 Å². The van der Waals surface area contributed by atoms with Gasteiger partial charge in [0.1, 0.15) is 6.61 Å². The minimum atomic E-state index is -3.71. The number of sulfonamides is 1. The van der Waals surface area contributed by atoms with Crippen LogP contribution >= 0.6 is 0 Å². The van der Waals surface area contributed by atoms with Crippen LogP contribution in [0.15, 0.2) is 59.8 Å². The van der Waals surface area contributed by atoms with E-state index in [0.717, 1.165) is 10.8 Å². The molecule has 1 aromatic heterocycles. The average molecular weight is 457 g/mol. The van der Waals surface area contributed by atoms with Crippen LogP contribution < -0.4 is 9.62 Å². The summed E-state index contributed by atoms with van der Waals surface area (Å²) in [7, 11) is -3.71. The van der Waals surface area contributed by atoms with E-state index in [1.165, 1.54) is 12.4 Å². The number of carbonyl (C=O) groups is 1. The molecule has 3 aromatic rings. The topological polar surface area (TPSA) is 133 Å². The van der Waals surface area contributed by atoms with Gasteiger partial charge in [-0.1, -0.05) is 30.3 Å². The second kappa shape index (κ2) is 9.29. The lowest BCUT2D eigenvalue weighted by molar-refractivity contribution is 0.0901. The fourth-order valence-electron chi connectivity index (χ4n) is 3.75. The zero-order valence-electron chi connectivity index (χ0n) is 17.3. The van der Waals surface area contributed by atoms with Gasteiger partial charge < -0.3 is 15.1 Å². The molecule has 0 radical (unpaired) electrons. The molecular weight excluding hydrogens is 432 g/mol. The third kappa shape index (κ3) is 4.78. The molecule has 9 nitrogen and oxygen atoms in total. The molecule has 2 heterocycles. The molecule has 1 aliphatic heterocycles. The van der Waals surface area contributed by atoms with Crippen molar-refractivity contribution in [3.63, 3.8) is 0 Å². The molecule has 0 aliphatic carbocycles. The minimum absolute atomic E-state index is 0.120. The Morgan fingerprint density at radius 3 is 2.53 bits per heavy atom. The van der Waals surface area contributed by atoms with E-state index < -0.39 is 28.5 Å². The first-order chi connectivity index (χ1) is 15.4. The number of fused-ring (bicyclic) bond motifs is 1. The van der Waals surface area contributed by atoms with E-state index in [-0.39, 0.29) is 29.5 Å². The highest BCUT2D eigenvalue weighted by Gasteiger charge is 2.30. The van der Waals surface area contributed by atoms with Crippen LogP contribution in [0.2, 0.25) is 0 Å². The van der Waals surface area contributed by atoms with Crippen LogP contribution in [0.3, 0.4) is 0 Å². The molecule has 2 atom stereocenters. The molecule has 0 saturated carbocycles. The molecule has 10 heteroatoms. The maximum atomic E-state index is 12.8. The lowest BCUT2D eigenvalue weighted by Gasteiger charge is -2.35. The number of aliphatic hydroxyl groups is 2. The summed E-state index contributed by atoms with van der Waals surface area (Å²) in [6.07, 6.45) is 2.46. The van der Waals surface area contributed by atoms with Crippen molar-refractivity contribution < 1.29 is 23.4 Å². The van der Waals surface area contributed by atoms with Crippen LogP contribution in [-0.2, 0) is 10.0 Å². The van der Waals surface area contributed by atoms with Crippen molar-refractivity contribution in [2.45, 2.75) is 17.4 Å². The molecule has 0 amide bonds. The highest BCUT2D eigenvalue weighted by atomic mass is 32.2. The first-order valence-electron chi connectivity index (χ1n) is 10.2. The molecule has 0 spiro atoms. The van der Waals surface area contributed by atoms with E-state index in [1.54, 1.807) is 23.1 Å². The Hall–Kier alpha value is -2.92. The Labute approximate surface area is 185 Å². The Balaban J connectivity index is 1.37. The lowest BCUT2D eigenvalue weighted by atomic mass is 9.94. The highest BCUT2D eigenvalue weighted by Crippen LogP contribution is 2.23. The van der Waals surface area contributed by atoms with Crippen molar-refractivity contribution in [2.75, 3.05) is 31.1 Å². The van der Waals surface area contributed by atoms with Gasteiger partial charge in [0.15, 0.2) is 5.78 Å². The van der Waals surface area contributed by atoms with Crippen molar-refractivity contribution in [3.8, 4) is 0 Å². The van der Waals surface area contributed by atoms with Gasteiger partial charge in [-0.05, 0) is 29.3 Å². The van der Waals surface area contributed by atoms with Gasteiger partial charge in [0.25, 0.3) is 0 Å². The molecular formula is C22H24N4O5S. The van der Waals surface area contributed by atoms with E-state index >= 15 is 0 Å². The molecule has 1 aliphatic rings.